The van der Waals surface area contributed by atoms with Crippen LogP contribution in [0.25, 0.3) is 10.1 Å². The van der Waals surface area contributed by atoms with E-state index in [1.54, 1.807) is 13.8 Å². The third-order valence-corrected chi connectivity index (χ3v) is 5.55. The highest BCUT2D eigenvalue weighted by Crippen LogP contribution is 2.32. The molecule has 1 heterocycles. The van der Waals surface area contributed by atoms with Crippen LogP contribution >= 0.6 is 11.3 Å². The first-order chi connectivity index (χ1) is 12.8. The van der Waals surface area contributed by atoms with Crippen LogP contribution in [-0.2, 0) is 15.2 Å². The van der Waals surface area contributed by atoms with Gasteiger partial charge < -0.3 is 15.7 Å². The Morgan fingerprint density at radius 2 is 1.89 bits per heavy atom. The number of rotatable bonds is 4. The predicted molar refractivity (Wildman–Crippen MR) is 104 cm³/mol. The van der Waals surface area contributed by atoms with E-state index in [0.29, 0.717) is 10.4 Å². The van der Waals surface area contributed by atoms with Crippen LogP contribution in [0.4, 0.5) is 10.1 Å². The number of fused-ring (bicyclic) bond motifs is 1. The van der Waals surface area contributed by atoms with E-state index in [1.807, 2.05) is 30.3 Å². The maximum atomic E-state index is 13.5. The number of aliphatic hydroxyl groups is 1. The summed E-state index contributed by atoms with van der Waals surface area (Å²) >= 11 is 1.43. The predicted octanol–water partition coefficient (Wildman–Crippen LogP) is 3.31. The van der Waals surface area contributed by atoms with Crippen LogP contribution < -0.4 is 10.6 Å². The number of anilines is 1. The minimum Gasteiger partial charge on any atom is -0.383 e. The van der Waals surface area contributed by atoms with E-state index in [4.69, 9.17) is 0 Å². The first-order valence-electron chi connectivity index (χ1n) is 8.33. The molecule has 3 aromatic rings. The number of nitrogens with one attached hydrogen (secondary N) is 2. The molecule has 7 heteroatoms. The Hall–Kier alpha value is -2.77. The normalized spacial score (nSPS) is 13.2. The summed E-state index contributed by atoms with van der Waals surface area (Å²) in [4.78, 5) is 24.7. The lowest BCUT2D eigenvalue weighted by molar-refractivity contribution is -0.136. The second-order valence-corrected chi connectivity index (χ2v) is 7.61. The van der Waals surface area contributed by atoms with Gasteiger partial charge in [0.15, 0.2) is 0 Å². The van der Waals surface area contributed by atoms with Crippen LogP contribution in [0.1, 0.15) is 17.4 Å². The fourth-order valence-corrected chi connectivity index (χ4v) is 3.63. The van der Waals surface area contributed by atoms with Crippen molar-refractivity contribution in [2.75, 3.05) is 11.9 Å². The number of amides is 2. The maximum absolute atomic E-state index is 13.5. The Bertz CT molecular complexity index is 980. The highest BCUT2D eigenvalue weighted by molar-refractivity contribution is 7.19. The Balaban J connectivity index is 1.62. The molecule has 1 atom stereocenters. The van der Waals surface area contributed by atoms with Gasteiger partial charge in [0.25, 0.3) is 0 Å². The SMILES string of the molecule is Cc1ccc(NC(=O)C(=O)NC[C@@](C)(O)c2cc3ccccc3s2)cc1F. The molecule has 0 spiro atoms. The van der Waals surface area contributed by atoms with Crippen LogP contribution in [-0.4, -0.2) is 23.5 Å². The molecule has 3 N–H and O–H groups in total. The molecule has 0 bridgehead atoms. The number of carbonyl (C=O) groups excluding carboxylic acids is 2. The summed E-state index contributed by atoms with van der Waals surface area (Å²) in [5, 5.41) is 16.5. The smallest absolute Gasteiger partial charge is 0.313 e. The van der Waals surface area contributed by atoms with E-state index < -0.39 is 23.2 Å². The average Bonchev–Trinajstić information content (AvgIpc) is 3.08. The highest BCUT2D eigenvalue weighted by atomic mass is 32.1. The van der Waals surface area contributed by atoms with Crippen molar-refractivity contribution in [2.24, 2.45) is 0 Å². The first-order valence-corrected chi connectivity index (χ1v) is 9.15. The van der Waals surface area contributed by atoms with Crippen molar-refractivity contribution in [1.29, 1.82) is 0 Å². The van der Waals surface area contributed by atoms with E-state index in [-0.39, 0.29) is 12.2 Å². The lowest BCUT2D eigenvalue weighted by Crippen LogP contribution is -2.43. The third-order valence-electron chi connectivity index (χ3n) is 4.19. The van der Waals surface area contributed by atoms with E-state index in [0.717, 1.165) is 16.2 Å². The number of benzene rings is 2. The lowest BCUT2D eigenvalue weighted by Gasteiger charge is -2.22. The zero-order valence-corrected chi connectivity index (χ0v) is 15.7. The number of hydrogen-bond acceptors (Lipinski definition) is 4. The molecule has 0 aliphatic rings. The highest BCUT2D eigenvalue weighted by Gasteiger charge is 2.27. The van der Waals surface area contributed by atoms with Crippen LogP contribution in [0.2, 0.25) is 0 Å². The van der Waals surface area contributed by atoms with Gasteiger partial charge in [0.2, 0.25) is 0 Å². The van der Waals surface area contributed by atoms with Gasteiger partial charge in [-0.25, -0.2) is 4.39 Å². The second kappa shape index (κ2) is 7.46. The van der Waals surface area contributed by atoms with Gasteiger partial charge in [-0.3, -0.25) is 9.59 Å². The Kier molecular flexibility index (Phi) is 5.25. The summed E-state index contributed by atoms with van der Waals surface area (Å²) in [6, 6.07) is 13.7. The molecule has 2 aromatic carbocycles. The topological polar surface area (TPSA) is 78.4 Å². The molecule has 27 heavy (non-hydrogen) atoms. The summed E-state index contributed by atoms with van der Waals surface area (Å²) < 4.78 is 14.6. The van der Waals surface area contributed by atoms with Gasteiger partial charge in [-0.15, -0.1) is 11.3 Å². The van der Waals surface area contributed by atoms with Gasteiger partial charge in [0, 0.05) is 15.3 Å². The van der Waals surface area contributed by atoms with Gasteiger partial charge in [0.05, 0.1) is 6.54 Å². The minimum absolute atomic E-state index is 0.131. The van der Waals surface area contributed by atoms with Gasteiger partial charge in [-0.1, -0.05) is 24.3 Å². The summed E-state index contributed by atoms with van der Waals surface area (Å²) in [6.45, 7) is 3.04. The second-order valence-electron chi connectivity index (χ2n) is 6.52. The van der Waals surface area contributed by atoms with E-state index in [2.05, 4.69) is 10.6 Å². The van der Waals surface area contributed by atoms with E-state index >= 15 is 0 Å². The maximum Gasteiger partial charge on any atom is 0.313 e. The van der Waals surface area contributed by atoms with Crippen LogP contribution in [0.3, 0.4) is 0 Å². The Labute approximate surface area is 159 Å². The molecule has 3 rings (SSSR count). The molecule has 1 aromatic heterocycles. The summed E-state index contributed by atoms with van der Waals surface area (Å²) in [7, 11) is 0. The number of thiophene rings is 1. The number of halogens is 1. The Morgan fingerprint density at radius 1 is 1.15 bits per heavy atom. The molecular formula is C20H19FN2O3S. The van der Waals surface area contributed by atoms with Gasteiger partial charge in [-0.2, -0.15) is 0 Å². The zero-order valence-electron chi connectivity index (χ0n) is 14.9. The fourth-order valence-electron chi connectivity index (χ4n) is 2.53. The quantitative estimate of drug-likeness (QED) is 0.602. The van der Waals surface area contributed by atoms with Crippen molar-refractivity contribution >= 4 is 38.9 Å². The van der Waals surface area contributed by atoms with Gasteiger partial charge >= 0.3 is 11.8 Å². The lowest BCUT2D eigenvalue weighted by atomic mass is 10.0. The number of hydrogen-bond donors (Lipinski definition) is 3. The van der Waals surface area contributed by atoms with Crippen molar-refractivity contribution in [3.8, 4) is 0 Å². The van der Waals surface area contributed by atoms with E-state index in [1.165, 1.54) is 23.5 Å². The molecule has 0 aliphatic carbocycles. The molecular weight excluding hydrogens is 367 g/mol. The monoisotopic (exact) mass is 386 g/mol. The Morgan fingerprint density at radius 3 is 2.59 bits per heavy atom. The standard InChI is InChI=1S/C20H19FN2O3S/c1-12-7-8-14(10-15(12)21)23-19(25)18(24)22-11-20(2,26)17-9-13-5-3-4-6-16(13)27-17/h3-10,26H,11H2,1-2H3,(H,22,24)(H,23,25)/t20-/m1/s1. The van der Waals surface area contributed by atoms with Crippen LogP contribution in [0.15, 0.2) is 48.5 Å². The molecule has 0 saturated heterocycles. The number of aryl methyl sites for hydroxylation is 1. The molecule has 0 radical (unpaired) electrons. The summed E-state index contributed by atoms with van der Waals surface area (Å²) in [6.07, 6.45) is 0. The molecule has 0 saturated carbocycles. The zero-order chi connectivity index (χ0) is 19.6. The van der Waals surface area contributed by atoms with Crippen molar-refractivity contribution in [3.05, 3.63) is 64.8 Å². The van der Waals surface area contributed by atoms with Crippen LogP contribution in [0.5, 0.6) is 0 Å². The van der Waals surface area contributed by atoms with Crippen molar-refractivity contribution < 1.29 is 19.1 Å². The minimum atomic E-state index is -1.32. The molecule has 0 fully saturated rings. The third kappa shape index (κ3) is 4.32. The molecule has 140 valence electrons. The first kappa shape index (κ1) is 19.0. The van der Waals surface area contributed by atoms with Crippen molar-refractivity contribution in [2.45, 2.75) is 19.4 Å². The van der Waals surface area contributed by atoms with E-state index in [9.17, 15) is 19.1 Å². The number of carbonyl (C=O) groups is 2. The van der Waals surface area contributed by atoms with Crippen molar-refractivity contribution in [3.63, 3.8) is 0 Å². The largest absolute Gasteiger partial charge is 0.383 e. The van der Waals surface area contributed by atoms with Crippen LogP contribution in [0, 0.1) is 12.7 Å². The summed E-state index contributed by atoms with van der Waals surface area (Å²) in [5.41, 5.74) is -0.693. The molecule has 5 nitrogen and oxygen atoms in total. The fraction of sp³-hybridized carbons (Fsp3) is 0.200. The molecule has 0 unspecified atom stereocenters. The van der Waals surface area contributed by atoms with Gasteiger partial charge in [-0.05, 0) is 49.1 Å². The van der Waals surface area contributed by atoms with Crippen molar-refractivity contribution in [1.82, 2.24) is 5.32 Å². The van der Waals surface area contributed by atoms with Gasteiger partial charge in [0.1, 0.15) is 11.4 Å². The average molecular weight is 386 g/mol. The molecule has 0 aliphatic heterocycles. The summed E-state index contributed by atoms with van der Waals surface area (Å²) in [5.74, 6) is -2.30. The molecule has 2 amide bonds.